The molecule has 4 nitrogen and oxygen atoms in total. The van der Waals surface area contributed by atoms with Gasteiger partial charge in [-0.05, 0) is 37.0 Å². The molecule has 1 aliphatic heterocycles. The maximum absolute atomic E-state index is 12.1. The lowest BCUT2D eigenvalue weighted by molar-refractivity contribution is -0.130. The molecular weight excluding hydrogens is 266 g/mol. The Morgan fingerprint density at radius 1 is 1.24 bits per heavy atom. The first-order valence-electron chi connectivity index (χ1n) is 7.19. The number of nitrogens with one attached hydrogen (secondary N) is 1. The Balaban J connectivity index is 1.62. The summed E-state index contributed by atoms with van der Waals surface area (Å²) in [5.74, 6) is 0.318. The minimum absolute atomic E-state index is 0.0730. The van der Waals surface area contributed by atoms with Gasteiger partial charge in [0.15, 0.2) is 0 Å². The van der Waals surface area contributed by atoms with Gasteiger partial charge in [0.05, 0.1) is 12.5 Å². The molecule has 1 aromatic rings. The summed E-state index contributed by atoms with van der Waals surface area (Å²) in [7, 11) is 0. The molecule has 1 atom stereocenters. The van der Waals surface area contributed by atoms with Crippen molar-refractivity contribution in [1.29, 1.82) is 0 Å². The van der Waals surface area contributed by atoms with Crippen LogP contribution in [-0.4, -0.2) is 11.9 Å². The molecule has 3 rings (SSSR count). The van der Waals surface area contributed by atoms with Gasteiger partial charge in [-0.15, -0.1) is 0 Å². The van der Waals surface area contributed by atoms with Crippen LogP contribution in [0, 0.1) is 0 Å². The molecule has 108 valence electrons. The summed E-state index contributed by atoms with van der Waals surface area (Å²) in [6.07, 6.45) is 9.03. The van der Waals surface area contributed by atoms with Gasteiger partial charge < -0.3 is 10.1 Å². The third kappa shape index (κ3) is 3.21. The van der Waals surface area contributed by atoms with Gasteiger partial charge in [-0.2, -0.15) is 0 Å². The van der Waals surface area contributed by atoms with E-state index in [1.54, 1.807) is 12.1 Å². The van der Waals surface area contributed by atoms with Crippen molar-refractivity contribution in [2.24, 2.45) is 0 Å². The summed E-state index contributed by atoms with van der Waals surface area (Å²) < 4.78 is 5.39. The number of carbonyl (C=O) groups excluding carboxylic acids is 2. The van der Waals surface area contributed by atoms with Gasteiger partial charge >= 0.3 is 5.97 Å². The van der Waals surface area contributed by atoms with Crippen molar-refractivity contribution in [3.05, 3.63) is 53.6 Å². The first-order chi connectivity index (χ1) is 10.2. The van der Waals surface area contributed by atoms with Crippen LogP contribution in [0.1, 0.15) is 37.3 Å². The molecule has 1 fully saturated rings. The van der Waals surface area contributed by atoms with Crippen LogP contribution >= 0.6 is 0 Å². The highest BCUT2D eigenvalue weighted by Crippen LogP contribution is 2.26. The molecule has 21 heavy (non-hydrogen) atoms. The molecule has 1 aliphatic carbocycles. The fraction of sp³-hybridized carbons (Fsp3) is 0.294. The second-order valence-electron chi connectivity index (χ2n) is 5.30. The zero-order chi connectivity index (χ0) is 14.7. The Hall–Kier alpha value is -2.36. The van der Waals surface area contributed by atoms with E-state index in [0.717, 1.165) is 24.8 Å². The molecule has 1 saturated heterocycles. The number of benzene rings is 1. The first kappa shape index (κ1) is 13.6. The number of carbonyl (C=O) groups is 2. The average molecular weight is 283 g/mol. The minimum atomic E-state index is -0.286. The standard InChI is InChI=1S/C17H17NO3/c19-16-11-15(18-16)12-7-9-14(10-8-12)21-17(20)13-5-3-1-2-4-6-13/h1,3,5,7-10,15H,2,4,6,11H2,(H,18,19)/t15-/m0/s1. The lowest BCUT2D eigenvalue weighted by Gasteiger charge is -2.27. The molecule has 1 heterocycles. The molecule has 0 saturated carbocycles. The largest absolute Gasteiger partial charge is 0.423 e. The predicted molar refractivity (Wildman–Crippen MR) is 78.7 cm³/mol. The lowest BCUT2D eigenvalue weighted by Crippen LogP contribution is -2.41. The number of esters is 1. The second kappa shape index (κ2) is 5.95. The lowest BCUT2D eigenvalue weighted by atomic mass is 9.97. The maximum atomic E-state index is 12.1. The number of rotatable bonds is 3. The van der Waals surface area contributed by atoms with Crippen LogP contribution < -0.4 is 10.1 Å². The van der Waals surface area contributed by atoms with Crippen LogP contribution in [0.5, 0.6) is 5.75 Å². The average Bonchev–Trinajstić information content (AvgIpc) is 2.74. The van der Waals surface area contributed by atoms with E-state index in [9.17, 15) is 9.59 Å². The highest BCUT2D eigenvalue weighted by atomic mass is 16.5. The zero-order valence-corrected chi connectivity index (χ0v) is 11.7. The van der Waals surface area contributed by atoms with E-state index in [0.29, 0.717) is 17.7 Å². The van der Waals surface area contributed by atoms with E-state index in [2.05, 4.69) is 11.4 Å². The summed E-state index contributed by atoms with van der Waals surface area (Å²) in [5.41, 5.74) is 1.74. The van der Waals surface area contributed by atoms with Crippen LogP contribution in [0.25, 0.3) is 0 Å². The highest BCUT2D eigenvalue weighted by Gasteiger charge is 2.26. The topological polar surface area (TPSA) is 55.4 Å². The SMILES string of the molecule is O=C1C[C@@H](c2ccc(OC(=O)C3=CC=CCCC3)cc2)N1. The fourth-order valence-corrected chi connectivity index (χ4v) is 2.44. The van der Waals surface area contributed by atoms with Gasteiger partial charge in [-0.3, -0.25) is 4.79 Å². The monoisotopic (exact) mass is 283 g/mol. The van der Waals surface area contributed by atoms with Crippen molar-refractivity contribution < 1.29 is 14.3 Å². The number of hydrogen-bond donors (Lipinski definition) is 1. The molecule has 1 amide bonds. The molecule has 0 unspecified atom stereocenters. The third-order valence-electron chi connectivity index (χ3n) is 3.73. The van der Waals surface area contributed by atoms with Gasteiger partial charge in [0.1, 0.15) is 5.75 Å². The van der Waals surface area contributed by atoms with Crippen LogP contribution in [-0.2, 0) is 9.59 Å². The summed E-state index contributed by atoms with van der Waals surface area (Å²) in [4.78, 5) is 23.0. The van der Waals surface area contributed by atoms with Crippen molar-refractivity contribution >= 4 is 11.9 Å². The predicted octanol–water partition coefficient (Wildman–Crippen LogP) is 2.82. The van der Waals surface area contributed by atoms with Crippen molar-refractivity contribution in [3.8, 4) is 5.75 Å². The zero-order valence-electron chi connectivity index (χ0n) is 11.7. The summed E-state index contributed by atoms with van der Waals surface area (Å²) in [6.45, 7) is 0. The molecule has 0 aromatic heterocycles. The van der Waals surface area contributed by atoms with E-state index in [-0.39, 0.29) is 17.9 Å². The maximum Gasteiger partial charge on any atom is 0.339 e. The molecule has 0 radical (unpaired) electrons. The Bertz CT molecular complexity index is 605. The molecule has 0 bridgehead atoms. The van der Waals surface area contributed by atoms with Gasteiger partial charge in [0.2, 0.25) is 5.91 Å². The first-order valence-corrected chi connectivity index (χ1v) is 7.19. The summed E-state index contributed by atoms with van der Waals surface area (Å²) >= 11 is 0. The van der Waals surface area contributed by atoms with Gasteiger partial charge in [0, 0.05) is 5.57 Å². The number of hydrogen-bond acceptors (Lipinski definition) is 3. The van der Waals surface area contributed by atoms with E-state index in [4.69, 9.17) is 4.74 Å². The normalized spacial score (nSPS) is 20.9. The summed E-state index contributed by atoms with van der Waals surface area (Å²) in [6, 6.07) is 7.40. The number of amides is 1. The Morgan fingerprint density at radius 2 is 2.00 bits per heavy atom. The Kier molecular flexibility index (Phi) is 3.86. The number of ether oxygens (including phenoxy) is 1. The molecule has 1 N–H and O–H groups in total. The molecular formula is C17H17NO3. The van der Waals surface area contributed by atoms with Gasteiger partial charge in [-0.1, -0.05) is 30.4 Å². The molecule has 1 aromatic carbocycles. The van der Waals surface area contributed by atoms with Crippen molar-refractivity contribution in [2.45, 2.75) is 31.7 Å². The van der Waals surface area contributed by atoms with E-state index < -0.39 is 0 Å². The summed E-state index contributed by atoms with van der Waals surface area (Å²) in [5, 5.41) is 2.81. The van der Waals surface area contributed by atoms with Crippen LogP contribution in [0.15, 0.2) is 48.1 Å². The van der Waals surface area contributed by atoms with Gasteiger partial charge in [0.25, 0.3) is 0 Å². The quantitative estimate of drug-likeness (QED) is 0.527. The Morgan fingerprint density at radius 3 is 2.71 bits per heavy atom. The Labute approximate surface area is 123 Å². The third-order valence-corrected chi connectivity index (χ3v) is 3.73. The molecule has 2 aliphatic rings. The van der Waals surface area contributed by atoms with Crippen LogP contribution in [0.2, 0.25) is 0 Å². The minimum Gasteiger partial charge on any atom is -0.423 e. The van der Waals surface area contributed by atoms with Crippen LogP contribution in [0.4, 0.5) is 0 Å². The fourth-order valence-electron chi connectivity index (χ4n) is 2.44. The van der Waals surface area contributed by atoms with E-state index in [1.807, 2.05) is 24.3 Å². The van der Waals surface area contributed by atoms with E-state index >= 15 is 0 Å². The van der Waals surface area contributed by atoms with Crippen molar-refractivity contribution in [3.63, 3.8) is 0 Å². The van der Waals surface area contributed by atoms with Gasteiger partial charge in [-0.25, -0.2) is 4.79 Å². The highest BCUT2D eigenvalue weighted by molar-refractivity contribution is 5.90. The number of allylic oxidation sites excluding steroid dienone is 3. The van der Waals surface area contributed by atoms with E-state index in [1.165, 1.54) is 0 Å². The van der Waals surface area contributed by atoms with Crippen molar-refractivity contribution in [2.75, 3.05) is 0 Å². The molecule has 4 heteroatoms. The smallest absolute Gasteiger partial charge is 0.339 e. The van der Waals surface area contributed by atoms with Crippen molar-refractivity contribution in [1.82, 2.24) is 5.32 Å². The number of β-lactam (4-membered cyclic amide) rings is 1. The molecule has 0 spiro atoms. The second-order valence-corrected chi connectivity index (χ2v) is 5.30. The van der Waals surface area contributed by atoms with Crippen LogP contribution in [0.3, 0.4) is 0 Å².